The molecule has 19 heavy (non-hydrogen) atoms. The van der Waals surface area contributed by atoms with Crippen molar-refractivity contribution in [2.45, 2.75) is 33.2 Å². The number of carbonyl (C=O) groups is 1. The summed E-state index contributed by atoms with van der Waals surface area (Å²) >= 11 is 0. The minimum atomic E-state index is -0.810. The van der Waals surface area contributed by atoms with E-state index in [0.717, 1.165) is 17.7 Å². The highest BCUT2D eigenvalue weighted by atomic mass is 16.4. The zero-order chi connectivity index (χ0) is 14.5. The number of aliphatic hydroxyl groups excluding tert-OH is 1. The molecule has 0 aliphatic rings. The summed E-state index contributed by atoms with van der Waals surface area (Å²) in [5.41, 5.74) is 1.79. The normalized spacial score (nSPS) is 13.3. The van der Waals surface area contributed by atoms with E-state index in [2.05, 4.69) is 5.32 Å². The third-order valence-corrected chi connectivity index (χ3v) is 3.21. The van der Waals surface area contributed by atoms with Crippen LogP contribution in [0.1, 0.15) is 37.8 Å². The highest BCUT2D eigenvalue weighted by molar-refractivity contribution is 5.75. The van der Waals surface area contributed by atoms with Crippen molar-refractivity contribution in [2.75, 3.05) is 13.2 Å². The van der Waals surface area contributed by atoms with Crippen LogP contribution in [0.15, 0.2) is 24.3 Å². The molecule has 0 spiro atoms. The number of benzene rings is 1. The smallest absolute Gasteiger partial charge is 0.310 e. The number of hydrogen-bond acceptors (Lipinski definition) is 3. The minimum Gasteiger partial charge on any atom is -0.481 e. The molecule has 106 valence electrons. The molecule has 0 aliphatic heterocycles. The van der Waals surface area contributed by atoms with Gasteiger partial charge in [-0.1, -0.05) is 38.1 Å². The average Bonchev–Trinajstić information content (AvgIpc) is 2.38. The maximum Gasteiger partial charge on any atom is 0.310 e. The van der Waals surface area contributed by atoms with Crippen LogP contribution in [0.2, 0.25) is 0 Å². The van der Waals surface area contributed by atoms with Crippen molar-refractivity contribution in [1.29, 1.82) is 0 Å². The van der Waals surface area contributed by atoms with Crippen LogP contribution in [0.25, 0.3) is 0 Å². The van der Waals surface area contributed by atoms with E-state index in [9.17, 15) is 4.79 Å². The van der Waals surface area contributed by atoms with Crippen molar-refractivity contribution in [1.82, 2.24) is 5.32 Å². The molecule has 1 unspecified atom stereocenters. The van der Waals surface area contributed by atoms with Gasteiger partial charge in [-0.05, 0) is 18.1 Å². The molecule has 1 aromatic rings. The monoisotopic (exact) mass is 265 g/mol. The van der Waals surface area contributed by atoms with Gasteiger partial charge < -0.3 is 15.5 Å². The van der Waals surface area contributed by atoms with Crippen LogP contribution in [-0.2, 0) is 11.3 Å². The van der Waals surface area contributed by atoms with Crippen molar-refractivity contribution >= 4 is 5.97 Å². The number of aliphatic carboxylic acids is 1. The Bertz CT molecular complexity index is 412. The van der Waals surface area contributed by atoms with Gasteiger partial charge >= 0.3 is 5.97 Å². The number of carboxylic acids is 1. The summed E-state index contributed by atoms with van der Waals surface area (Å²) in [7, 11) is 0. The number of nitrogens with one attached hydrogen (secondary N) is 1. The SMILES string of the molecule is CC(C(=O)O)c1ccc(CNCC(C)(C)CO)cc1. The van der Waals surface area contributed by atoms with Crippen LogP contribution in [0, 0.1) is 5.41 Å². The second-order valence-electron chi connectivity index (χ2n) is 5.73. The zero-order valence-electron chi connectivity index (χ0n) is 11.8. The van der Waals surface area contributed by atoms with Crippen molar-refractivity contribution in [3.05, 3.63) is 35.4 Å². The van der Waals surface area contributed by atoms with E-state index in [1.807, 2.05) is 38.1 Å². The standard InChI is InChI=1S/C15H23NO3/c1-11(14(18)19)13-6-4-12(5-7-13)8-16-9-15(2,3)10-17/h4-7,11,16-17H,8-10H2,1-3H3,(H,18,19). The van der Waals surface area contributed by atoms with E-state index in [1.165, 1.54) is 0 Å². The maximum atomic E-state index is 10.9. The van der Waals surface area contributed by atoms with Crippen LogP contribution in [0.5, 0.6) is 0 Å². The predicted octanol–water partition coefficient (Wildman–Crippen LogP) is 1.98. The van der Waals surface area contributed by atoms with E-state index in [0.29, 0.717) is 6.54 Å². The summed E-state index contributed by atoms with van der Waals surface area (Å²) in [6, 6.07) is 7.58. The molecule has 0 aliphatic carbocycles. The third-order valence-electron chi connectivity index (χ3n) is 3.21. The molecular weight excluding hydrogens is 242 g/mol. The van der Waals surface area contributed by atoms with Crippen LogP contribution in [0.3, 0.4) is 0 Å². The first-order chi connectivity index (χ1) is 8.85. The minimum absolute atomic E-state index is 0.127. The molecule has 0 fully saturated rings. The molecule has 1 atom stereocenters. The Balaban J connectivity index is 2.51. The average molecular weight is 265 g/mol. The number of hydrogen-bond donors (Lipinski definition) is 3. The Labute approximate surface area is 114 Å². The third kappa shape index (κ3) is 5.01. The maximum absolute atomic E-state index is 10.9. The van der Waals surface area contributed by atoms with Gasteiger partial charge in [-0.25, -0.2) is 0 Å². The molecule has 0 aromatic heterocycles. The largest absolute Gasteiger partial charge is 0.481 e. The predicted molar refractivity (Wildman–Crippen MR) is 75.1 cm³/mol. The fourth-order valence-electron chi connectivity index (χ4n) is 1.67. The number of aliphatic hydroxyl groups is 1. The second-order valence-corrected chi connectivity index (χ2v) is 5.73. The Kier molecular flexibility index (Phi) is 5.51. The summed E-state index contributed by atoms with van der Waals surface area (Å²) in [4.78, 5) is 10.9. The second kappa shape index (κ2) is 6.68. The molecule has 0 saturated heterocycles. The van der Waals surface area contributed by atoms with Gasteiger partial charge in [-0.15, -0.1) is 0 Å². The molecule has 0 heterocycles. The van der Waals surface area contributed by atoms with Crippen LogP contribution in [-0.4, -0.2) is 29.3 Å². The van der Waals surface area contributed by atoms with Gasteiger partial charge in [0.15, 0.2) is 0 Å². The van der Waals surface area contributed by atoms with Crippen LogP contribution < -0.4 is 5.32 Å². The molecule has 3 N–H and O–H groups in total. The summed E-state index contributed by atoms with van der Waals surface area (Å²) in [6.07, 6.45) is 0. The molecule has 4 nitrogen and oxygen atoms in total. The molecule has 0 saturated carbocycles. The highest BCUT2D eigenvalue weighted by Gasteiger charge is 2.15. The zero-order valence-corrected chi connectivity index (χ0v) is 11.8. The Morgan fingerprint density at radius 2 is 1.89 bits per heavy atom. The Morgan fingerprint density at radius 1 is 1.32 bits per heavy atom. The van der Waals surface area contributed by atoms with Gasteiger partial charge in [-0.3, -0.25) is 4.79 Å². The van der Waals surface area contributed by atoms with Crippen molar-refractivity contribution in [3.63, 3.8) is 0 Å². The molecule has 0 bridgehead atoms. The van der Waals surface area contributed by atoms with Crippen molar-refractivity contribution in [2.24, 2.45) is 5.41 Å². The van der Waals surface area contributed by atoms with Gasteiger partial charge in [0, 0.05) is 25.1 Å². The fourth-order valence-corrected chi connectivity index (χ4v) is 1.67. The first-order valence-corrected chi connectivity index (χ1v) is 6.49. The summed E-state index contributed by atoms with van der Waals surface area (Å²) in [5, 5.41) is 21.4. The first-order valence-electron chi connectivity index (χ1n) is 6.49. The van der Waals surface area contributed by atoms with E-state index in [4.69, 9.17) is 10.2 Å². The topological polar surface area (TPSA) is 69.6 Å². The lowest BCUT2D eigenvalue weighted by Crippen LogP contribution is -2.31. The van der Waals surface area contributed by atoms with Gasteiger partial charge in [0.1, 0.15) is 0 Å². The Hall–Kier alpha value is -1.39. The van der Waals surface area contributed by atoms with Gasteiger partial charge in [0.25, 0.3) is 0 Å². The quantitative estimate of drug-likeness (QED) is 0.705. The lowest BCUT2D eigenvalue weighted by Gasteiger charge is -2.22. The van der Waals surface area contributed by atoms with Crippen LogP contribution in [0.4, 0.5) is 0 Å². The van der Waals surface area contributed by atoms with Gasteiger partial charge in [0.05, 0.1) is 5.92 Å². The summed E-state index contributed by atoms with van der Waals surface area (Å²) in [5.74, 6) is -1.29. The molecule has 0 amide bonds. The fraction of sp³-hybridized carbons (Fsp3) is 0.533. The molecule has 0 radical (unpaired) electrons. The summed E-state index contributed by atoms with van der Waals surface area (Å²) in [6.45, 7) is 7.27. The molecule has 1 aromatic carbocycles. The van der Waals surface area contributed by atoms with E-state index < -0.39 is 11.9 Å². The van der Waals surface area contributed by atoms with Gasteiger partial charge in [0.2, 0.25) is 0 Å². The lowest BCUT2D eigenvalue weighted by atomic mass is 9.95. The van der Waals surface area contributed by atoms with Gasteiger partial charge in [-0.2, -0.15) is 0 Å². The molecule has 4 heteroatoms. The van der Waals surface area contributed by atoms with Crippen molar-refractivity contribution in [3.8, 4) is 0 Å². The van der Waals surface area contributed by atoms with E-state index in [-0.39, 0.29) is 12.0 Å². The molecular formula is C15H23NO3. The number of rotatable bonds is 7. The number of carboxylic acid groups (broad SMARTS) is 1. The Morgan fingerprint density at radius 3 is 2.37 bits per heavy atom. The first kappa shape index (κ1) is 15.7. The van der Waals surface area contributed by atoms with E-state index >= 15 is 0 Å². The highest BCUT2D eigenvalue weighted by Crippen LogP contribution is 2.16. The van der Waals surface area contributed by atoms with E-state index in [1.54, 1.807) is 6.92 Å². The summed E-state index contributed by atoms with van der Waals surface area (Å²) < 4.78 is 0. The van der Waals surface area contributed by atoms with Crippen LogP contribution >= 0.6 is 0 Å². The van der Waals surface area contributed by atoms with Crippen molar-refractivity contribution < 1.29 is 15.0 Å². The lowest BCUT2D eigenvalue weighted by molar-refractivity contribution is -0.138. The molecule has 1 rings (SSSR count).